The summed E-state index contributed by atoms with van der Waals surface area (Å²) in [5.74, 6) is 2.63. The number of hydrogen-bond donors (Lipinski definition) is 1. The van der Waals surface area contributed by atoms with Crippen molar-refractivity contribution >= 4 is 11.1 Å². The van der Waals surface area contributed by atoms with Crippen LogP contribution in [0, 0.1) is 5.92 Å². The van der Waals surface area contributed by atoms with Crippen molar-refractivity contribution in [1.29, 1.82) is 0 Å². The van der Waals surface area contributed by atoms with E-state index < -0.39 is 0 Å². The van der Waals surface area contributed by atoms with Crippen LogP contribution in [-0.2, 0) is 0 Å². The van der Waals surface area contributed by atoms with Crippen LogP contribution in [-0.4, -0.2) is 24.7 Å². The van der Waals surface area contributed by atoms with Crippen molar-refractivity contribution in [3.8, 4) is 5.75 Å². The fourth-order valence-corrected chi connectivity index (χ4v) is 2.52. The van der Waals surface area contributed by atoms with E-state index >= 15 is 0 Å². The van der Waals surface area contributed by atoms with E-state index in [1.807, 2.05) is 18.2 Å². The molecule has 0 unspecified atom stereocenters. The topological polar surface area (TPSA) is 47.3 Å². The second-order valence-electron chi connectivity index (χ2n) is 5.84. The Labute approximate surface area is 119 Å². The summed E-state index contributed by atoms with van der Waals surface area (Å²) in [4.78, 5) is 4.47. The second-order valence-corrected chi connectivity index (χ2v) is 5.84. The van der Waals surface area contributed by atoms with Crippen LogP contribution in [0.4, 0.5) is 0 Å². The molecule has 1 aliphatic heterocycles. The van der Waals surface area contributed by atoms with Gasteiger partial charge in [-0.05, 0) is 44.0 Å². The molecule has 0 aliphatic carbocycles. The number of piperidine rings is 1. The summed E-state index contributed by atoms with van der Waals surface area (Å²) in [6.45, 7) is 7.16. The number of hydrogen-bond acceptors (Lipinski definition) is 4. The molecule has 1 aliphatic rings. The SMILES string of the molecule is CC(C)c1nc2ccc(OCC3CCNCC3)cc2o1. The number of nitrogens with zero attached hydrogens (tertiary/aromatic N) is 1. The van der Waals surface area contributed by atoms with Gasteiger partial charge < -0.3 is 14.5 Å². The van der Waals surface area contributed by atoms with Crippen LogP contribution < -0.4 is 10.1 Å². The van der Waals surface area contributed by atoms with Crippen molar-refractivity contribution in [3.05, 3.63) is 24.1 Å². The first kappa shape index (κ1) is 13.4. The Balaban J connectivity index is 1.68. The highest BCUT2D eigenvalue weighted by Gasteiger charge is 2.14. The first-order valence-electron chi connectivity index (χ1n) is 7.46. The molecule has 0 radical (unpaired) electrons. The number of aromatic nitrogens is 1. The fourth-order valence-electron chi connectivity index (χ4n) is 2.52. The molecule has 1 aromatic carbocycles. The Morgan fingerprint density at radius 1 is 1.35 bits per heavy atom. The van der Waals surface area contributed by atoms with E-state index in [-0.39, 0.29) is 0 Å². The molecule has 3 rings (SSSR count). The third kappa shape index (κ3) is 2.96. The summed E-state index contributed by atoms with van der Waals surface area (Å²) in [5.41, 5.74) is 1.72. The van der Waals surface area contributed by atoms with Gasteiger partial charge in [-0.1, -0.05) is 13.8 Å². The molecule has 1 aromatic heterocycles. The molecule has 2 aromatic rings. The minimum Gasteiger partial charge on any atom is -0.493 e. The molecule has 20 heavy (non-hydrogen) atoms. The molecular formula is C16H22N2O2. The quantitative estimate of drug-likeness (QED) is 0.929. The highest BCUT2D eigenvalue weighted by molar-refractivity contribution is 5.74. The average molecular weight is 274 g/mol. The molecule has 0 spiro atoms. The molecule has 1 fully saturated rings. The van der Waals surface area contributed by atoms with E-state index in [0.29, 0.717) is 11.8 Å². The normalized spacial score (nSPS) is 16.9. The number of benzene rings is 1. The Kier molecular flexibility index (Phi) is 3.92. The van der Waals surface area contributed by atoms with Crippen molar-refractivity contribution in [3.63, 3.8) is 0 Å². The molecule has 0 bridgehead atoms. The summed E-state index contributed by atoms with van der Waals surface area (Å²) >= 11 is 0. The number of oxazole rings is 1. The van der Waals surface area contributed by atoms with Crippen LogP contribution >= 0.6 is 0 Å². The van der Waals surface area contributed by atoms with Gasteiger partial charge in [0.25, 0.3) is 0 Å². The molecular weight excluding hydrogens is 252 g/mol. The largest absolute Gasteiger partial charge is 0.493 e. The number of ether oxygens (including phenoxy) is 1. The minimum absolute atomic E-state index is 0.307. The van der Waals surface area contributed by atoms with Crippen molar-refractivity contribution in [2.24, 2.45) is 5.92 Å². The lowest BCUT2D eigenvalue weighted by Crippen LogP contribution is -2.30. The minimum atomic E-state index is 0.307. The highest BCUT2D eigenvalue weighted by atomic mass is 16.5. The zero-order chi connectivity index (χ0) is 13.9. The maximum absolute atomic E-state index is 5.91. The van der Waals surface area contributed by atoms with E-state index in [0.717, 1.165) is 42.4 Å². The van der Waals surface area contributed by atoms with E-state index in [1.165, 1.54) is 12.8 Å². The Bertz CT molecular complexity index is 571. The summed E-state index contributed by atoms with van der Waals surface area (Å²) in [7, 11) is 0. The maximum atomic E-state index is 5.91. The van der Waals surface area contributed by atoms with Crippen molar-refractivity contribution < 1.29 is 9.15 Å². The Morgan fingerprint density at radius 2 is 2.15 bits per heavy atom. The van der Waals surface area contributed by atoms with E-state index in [4.69, 9.17) is 9.15 Å². The second kappa shape index (κ2) is 5.83. The van der Waals surface area contributed by atoms with Crippen LogP contribution in [0.5, 0.6) is 5.75 Å². The highest BCUT2D eigenvalue weighted by Crippen LogP contribution is 2.25. The lowest BCUT2D eigenvalue weighted by atomic mass is 9.99. The summed E-state index contributed by atoms with van der Waals surface area (Å²) in [5, 5.41) is 3.37. The molecule has 4 nitrogen and oxygen atoms in total. The van der Waals surface area contributed by atoms with Crippen molar-refractivity contribution in [1.82, 2.24) is 10.3 Å². The molecule has 4 heteroatoms. The molecule has 1 saturated heterocycles. The van der Waals surface area contributed by atoms with Crippen LogP contribution in [0.2, 0.25) is 0 Å². The van der Waals surface area contributed by atoms with Crippen molar-refractivity contribution in [2.45, 2.75) is 32.6 Å². The predicted molar refractivity (Wildman–Crippen MR) is 79.2 cm³/mol. The van der Waals surface area contributed by atoms with E-state index in [9.17, 15) is 0 Å². The number of fused-ring (bicyclic) bond motifs is 1. The van der Waals surface area contributed by atoms with Gasteiger partial charge in [0.05, 0.1) is 6.61 Å². The molecule has 1 N–H and O–H groups in total. The van der Waals surface area contributed by atoms with Gasteiger partial charge in [-0.15, -0.1) is 0 Å². The fraction of sp³-hybridized carbons (Fsp3) is 0.562. The van der Waals surface area contributed by atoms with Gasteiger partial charge in [0.2, 0.25) is 0 Å². The monoisotopic (exact) mass is 274 g/mol. The molecule has 0 saturated carbocycles. The Morgan fingerprint density at radius 3 is 2.90 bits per heavy atom. The van der Waals surface area contributed by atoms with Gasteiger partial charge in [0.15, 0.2) is 11.5 Å². The summed E-state index contributed by atoms with van der Waals surface area (Å²) in [6, 6.07) is 5.91. The van der Waals surface area contributed by atoms with Gasteiger partial charge in [-0.25, -0.2) is 4.98 Å². The molecule has 108 valence electrons. The summed E-state index contributed by atoms with van der Waals surface area (Å²) in [6.07, 6.45) is 2.39. The van der Waals surface area contributed by atoms with E-state index in [1.54, 1.807) is 0 Å². The van der Waals surface area contributed by atoms with E-state index in [2.05, 4.69) is 24.1 Å². The van der Waals surface area contributed by atoms with Gasteiger partial charge >= 0.3 is 0 Å². The number of nitrogens with one attached hydrogen (secondary N) is 1. The Hall–Kier alpha value is -1.55. The summed E-state index contributed by atoms with van der Waals surface area (Å²) < 4.78 is 11.7. The van der Waals surface area contributed by atoms with Crippen LogP contribution in [0.15, 0.2) is 22.6 Å². The van der Waals surface area contributed by atoms with Crippen molar-refractivity contribution in [2.75, 3.05) is 19.7 Å². The van der Waals surface area contributed by atoms with Crippen LogP contribution in [0.25, 0.3) is 11.1 Å². The third-order valence-electron chi connectivity index (χ3n) is 3.81. The molecule has 2 heterocycles. The smallest absolute Gasteiger partial charge is 0.198 e. The molecule has 0 amide bonds. The van der Waals surface area contributed by atoms with Gasteiger partial charge in [0.1, 0.15) is 11.3 Å². The predicted octanol–water partition coefficient (Wildman–Crippen LogP) is 3.33. The third-order valence-corrected chi connectivity index (χ3v) is 3.81. The lowest BCUT2D eigenvalue weighted by molar-refractivity contribution is 0.215. The zero-order valence-corrected chi connectivity index (χ0v) is 12.2. The molecule has 0 atom stereocenters. The van der Waals surface area contributed by atoms with Crippen LogP contribution in [0.3, 0.4) is 0 Å². The standard InChI is InChI=1S/C16H22N2O2/c1-11(2)16-18-14-4-3-13(9-15(14)20-16)19-10-12-5-7-17-8-6-12/h3-4,9,11-12,17H,5-8,10H2,1-2H3. The zero-order valence-electron chi connectivity index (χ0n) is 12.2. The average Bonchev–Trinajstić information content (AvgIpc) is 2.89. The number of rotatable bonds is 4. The first-order chi connectivity index (χ1) is 9.72. The van der Waals surface area contributed by atoms with Gasteiger partial charge in [-0.2, -0.15) is 0 Å². The lowest BCUT2D eigenvalue weighted by Gasteiger charge is -2.22. The van der Waals surface area contributed by atoms with Gasteiger partial charge in [0, 0.05) is 12.0 Å². The van der Waals surface area contributed by atoms with Crippen LogP contribution in [0.1, 0.15) is 38.5 Å². The maximum Gasteiger partial charge on any atom is 0.198 e. The van der Waals surface area contributed by atoms with Gasteiger partial charge in [-0.3, -0.25) is 0 Å². The first-order valence-corrected chi connectivity index (χ1v) is 7.46.